The van der Waals surface area contributed by atoms with Gasteiger partial charge in [0.2, 0.25) is 0 Å². The lowest BCUT2D eigenvalue weighted by atomic mass is 10.3. The van der Waals surface area contributed by atoms with Crippen molar-refractivity contribution in [2.75, 3.05) is 40.5 Å². The molecule has 0 amide bonds. The Morgan fingerprint density at radius 2 is 2.11 bits per heavy atom. The molecule has 0 saturated carbocycles. The Bertz CT molecular complexity index is 323. The summed E-state index contributed by atoms with van der Waals surface area (Å²) in [5.74, 6) is 0. The molecular formula is C12H21BrN2O2S. The fraction of sp³-hybridized carbons (Fsp3) is 0.667. The highest BCUT2D eigenvalue weighted by Gasteiger charge is 2.05. The van der Waals surface area contributed by atoms with Gasteiger partial charge < -0.3 is 20.1 Å². The van der Waals surface area contributed by atoms with E-state index in [1.807, 2.05) is 0 Å². The van der Waals surface area contributed by atoms with Crippen LogP contribution >= 0.6 is 27.3 Å². The minimum Gasteiger partial charge on any atom is -0.382 e. The van der Waals surface area contributed by atoms with Crippen molar-refractivity contribution < 1.29 is 9.47 Å². The molecule has 0 aliphatic carbocycles. The maximum atomic E-state index is 5.26. The number of nitrogens with one attached hydrogen (secondary N) is 2. The molecule has 2 N–H and O–H groups in total. The molecular weight excluding hydrogens is 316 g/mol. The second-order valence-electron chi connectivity index (χ2n) is 3.93. The first-order valence-corrected chi connectivity index (χ1v) is 7.59. The third-order valence-electron chi connectivity index (χ3n) is 2.46. The van der Waals surface area contributed by atoms with Gasteiger partial charge in [-0.25, -0.2) is 0 Å². The van der Waals surface area contributed by atoms with Crippen LogP contribution in [-0.4, -0.2) is 46.6 Å². The second-order valence-corrected chi connectivity index (χ2v) is 5.84. The summed E-state index contributed by atoms with van der Waals surface area (Å²) in [6.45, 7) is 4.23. The summed E-state index contributed by atoms with van der Waals surface area (Å²) in [6.07, 6.45) is 0.128. The van der Waals surface area contributed by atoms with Gasteiger partial charge >= 0.3 is 0 Å². The average Bonchev–Trinajstić information content (AvgIpc) is 2.78. The third kappa shape index (κ3) is 6.82. The molecule has 0 fully saturated rings. The quantitative estimate of drug-likeness (QED) is 0.640. The molecule has 0 aromatic carbocycles. The molecule has 1 aromatic rings. The summed E-state index contributed by atoms with van der Waals surface area (Å²) in [6, 6.07) is 2.14. The van der Waals surface area contributed by atoms with Crippen molar-refractivity contribution in [3.8, 4) is 0 Å². The van der Waals surface area contributed by atoms with Crippen LogP contribution in [0.5, 0.6) is 0 Å². The zero-order chi connectivity index (χ0) is 13.2. The Morgan fingerprint density at radius 1 is 1.33 bits per heavy atom. The van der Waals surface area contributed by atoms with Gasteiger partial charge in [-0.1, -0.05) is 0 Å². The van der Waals surface area contributed by atoms with Gasteiger partial charge in [0.25, 0.3) is 0 Å². The topological polar surface area (TPSA) is 42.5 Å². The lowest BCUT2D eigenvalue weighted by Gasteiger charge is -2.15. The molecule has 104 valence electrons. The van der Waals surface area contributed by atoms with Crippen molar-refractivity contribution in [1.29, 1.82) is 0 Å². The molecule has 0 bridgehead atoms. The van der Waals surface area contributed by atoms with Gasteiger partial charge in [-0.05, 0) is 22.0 Å². The summed E-state index contributed by atoms with van der Waals surface area (Å²) in [7, 11) is 3.39. The molecule has 4 nitrogen and oxygen atoms in total. The largest absolute Gasteiger partial charge is 0.382 e. The number of ether oxygens (including phenoxy) is 2. The summed E-state index contributed by atoms with van der Waals surface area (Å²) in [5, 5.41) is 8.83. The van der Waals surface area contributed by atoms with E-state index >= 15 is 0 Å². The van der Waals surface area contributed by atoms with Gasteiger partial charge in [-0.15, -0.1) is 11.3 Å². The van der Waals surface area contributed by atoms with Crippen molar-refractivity contribution in [2.45, 2.75) is 12.6 Å². The van der Waals surface area contributed by atoms with E-state index in [0.29, 0.717) is 6.61 Å². The SMILES string of the molecule is COCC(CNCCNCc1cc(Br)cs1)OC. The Kier molecular flexibility index (Phi) is 8.83. The van der Waals surface area contributed by atoms with Crippen molar-refractivity contribution in [3.05, 3.63) is 20.8 Å². The Balaban J connectivity index is 1.98. The predicted octanol–water partition coefficient (Wildman–Crippen LogP) is 1.85. The fourth-order valence-corrected chi connectivity index (χ4v) is 2.91. The molecule has 0 radical (unpaired) electrons. The summed E-state index contributed by atoms with van der Waals surface area (Å²) in [4.78, 5) is 1.34. The highest BCUT2D eigenvalue weighted by atomic mass is 79.9. The van der Waals surface area contributed by atoms with Crippen LogP contribution < -0.4 is 10.6 Å². The molecule has 6 heteroatoms. The fourth-order valence-electron chi connectivity index (χ4n) is 1.49. The highest BCUT2D eigenvalue weighted by molar-refractivity contribution is 9.10. The second kappa shape index (κ2) is 9.89. The number of hydrogen-bond acceptors (Lipinski definition) is 5. The number of methoxy groups -OCH3 is 2. The van der Waals surface area contributed by atoms with Crippen LogP contribution in [0.4, 0.5) is 0 Å². The lowest BCUT2D eigenvalue weighted by Crippen LogP contribution is -2.35. The summed E-state index contributed by atoms with van der Waals surface area (Å²) < 4.78 is 11.5. The lowest BCUT2D eigenvalue weighted by molar-refractivity contribution is 0.0291. The normalized spacial score (nSPS) is 12.8. The molecule has 0 aliphatic rings. The van der Waals surface area contributed by atoms with E-state index < -0.39 is 0 Å². The maximum absolute atomic E-state index is 5.26. The number of hydrogen-bond donors (Lipinski definition) is 2. The van der Waals surface area contributed by atoms with Gasteiger partial charge in [-0.3, -0.25) is 0 Å². The van der Waals surface area contributed by atoms with Crippen LogP contribution in [0.25, 0.3) is 0 Å². The molecule has 1 unspecified atom stereocenters. The van der Waals surface area contributed by atoms with E-state index in [4.69, 9.17) is 9.47 Å². The zero-order valence-electron chi connectivity index (χ0n) is 10.9. The smallest absolute Gasteiger partial charge is 0.0928 e. The van der Waals surface area contributed by atoms with Gasteiger partial charge in [0, 0.05) is 55.1 Å². The molecule has 0 saturated heterocycles. The first kappa shape index (κ1) is 16.1. The minimum atomic E-state index is 0.128. The van der Waals surface area contributed by atoms with E-state index in [1.54, 1.807) is 25.6 Å². The monoisotopic (exact) mass is 336 g/mol. The summed E-state index contributed by atoms with van der Waals surface area (Å²) >= 11 is 5.21. The minimum absolute atomic E-state index is 0.128. The van der Waals surface area contributed by atoms with Gasteiger partial charge in [0.1, 0.15) is 0 Å². The molecule has 18 heavy (non-hydrogen) atoms. The van der Waals surface area contributed by atoms with Gasteiger partial charge in [-0.2, -0.15) is 0 Å². The number of halogens is 1. The molecule has 1 atom stereocenters. The first-order valence-electron chi connectivity index (χ1n) is 5.92. The Morgan fingerprint density at radius 3 is 2.72 bits per heavy atom. The van der Waals surface area contributed by atoms with E-state index in [1.165, 1.54) is 4.88 Å². The van der Waals surface area contributed by atoms with Crippen molar-refractivity contribution >= 4 is 27.3 Å². The summed E-state index contributed by atoms with van der Waals surface area (Å²) in [5.41, 5.74) is 0. The molecule has 1 rings (SSSR count). The first-order chi connectivity index (χ1) is 8.76. The zero-order valence-corrected chi connectivity index (χ0v) is 13.3. The van der Waals surface area contributed by atoms with Gasteiger partial charge in [0.05, 0.1) is 12.7 Å². The van der Waals surface area contributed by atoms with E-state index in [-0.39, 0.29) is 6.10 Å². The average molecular weight is 337 g/mol. The van der Waals surface area contributed by atoms with Crippen LogP contribution in [0, 0.1) is 0 Å². The van der Waals surface area contributed by atoms with Crippen LogP contribution in [0.2, 0.25) is 0 Å². The van der Waals surface area contributed by atoms with E-state index in [2.05, 4.69) is 38.0 Å². The predicted molar refractivity (Wildman–Crippen MR) is 79.3 cm³/mol. The molecule has 0 spiro atoms. The standard InChI is InChI=1S/C12H21BrN2O2S/c1-16-8-11(17-2)6-14-3-4-15-7-12-5-10(13)9-18-12/h5,9,11,14-15H,3-4,6-8H2,1-2H3. The Labute approximate surface area is 121 Å². The van der Waals surface area contributed by atoms with Crippen LogP contribution in [0.15, 0.2) is 15.9 Å². The van der Waals surface area contributed by atoms with E-state index in [0.717, 1.165) is 30.7 Å². The van der Waals surface area contributed by atoms with E-state index in [9.17, 15) is 0 Å². The van der Waals surface area contributed by atoms with Crippen molar-refractivity contribution in [1.82, 2.24) is 10.6 Å². The van der Waals surface area contributed by atoms with Crippen molar-refractivity contribution in [3.63, 3.8) is 0 Å². The van der Waals surface area contributed by atoms with Crippen LogP contribution in [0.1, 0.15) is 4.88 Å². The molecule has 0 aliphatic heterocycles. The van der Waals surface area contributed by atoms with Crippen LogP contribution in [-0.2, 0) is 16.0 Å². The van der Waals surface area contributed by atoms with Crippen molar-refractivity contribution in [2.24, 2.45) is 0 Å². The molecule has 1 heterocycles. The number of rotatable bonds is 10. The van der Waals surface area contributed by atoms with Crippen LogP contribution in [0.3, 0.4) is 0 Å². The molecule has 1 aromatic heterocycles. The Hall–Kier alpha value is 0.0200. The van der Waals surface area contributed by atoms with Gasteiger partial charge in [0.15, 0.2) is 0 Å². The maximum Gasteiger partial charge on any atom is 0.0928 e. The highest BCUT2D eigenvalue weighted by Crippen LogP contribution is 2.19. The number of thiophene rings is 1. The third-order valence-corrected chi connectivity index (χ3v) is 4.16.